The fourth-order valence-electron chi connectivity index (χ4n) is 4.06. The Morgan fingerprint density at radius 1 is 1.18 bits per heavy atom. The largest absolute Gasteiger partial charge is 0.497 e. The van der Waals surface area contributed by atoms with Crippen molar-refractivity contribution in [3.05, 3.63) is 59.4 Å². The molecule has 2 aliphatic heterocycles. The lowest BCUT2D eigenvalue weighted by molar-refractivity contribution is 0.0234. The molecule has 0 unspecified atom stereocenters. The molecular formula is C21H24FNO4S. The minimum absolute atomic E-state index is 0.0230. The Morgan fingerprint density at radius 2 is 2.00 bits per heavy atom. The molecule has 2 fully saturated rings. The topological polar surface area (TPSA) is 40.2 Å². The third kappa shape index (κ3) is 3.26. The normalized spacial score (nSPS) is 27.4. The number of hydrogen-bond acceptors (Lipinski definition) is 6. The number of ether oxygens (including phenoxy) is 3. The monoisotopic (exact) mass is 405 g/mol. The fraction of sp³-hybridized carbons (Fsp3) is 0.429. The SMILES string of the molecule is COc1ccc(CN2SO[C@@H]3COC[C@@H]3[C@@]2(C)c2ccccc2F)c(OC)c1. The first kappa shape index (κ1) is 19.5. The summed E-state index contributed by atoms with van der Waals surface area (Å²) < 4.78 is 39.5. The van der Waals surface area contributed by atoms with E-state index in [1.165, 1.54) is 18.3 Å². The summed E-state index contributed by atoms with van der Waals surface area (Å²) in [7, 11) is 3.26. The summed E-state index contributed by atoms with van der Waals surface area (Å²) in [4.78, 5) is 0. The second kappa shape index (κ2) is 7.91. The van der Waals surface area contributed by atoms with Crippen LogP contribution in [0.3, 0.4) is 0 Å². The van der Waals surface area contributed by atoms with Gasteiger partial charge in [0.05, 0.1) is 45.2 Å². The van der Waals surface area contributed by atoms with Gasteiger partial charge < -0.3 is 14.2 Å². The van der Waals surface area contributed by atoms with Crippen molar-refractivity contribution in [2.45, 2.75) is 25.1 Å². The smallest absolute Gasteiger partial charge is 0.128 e. The molecule has 2 aromatic rings. The van der Waals surface area contributed by atoms with E-state index in [1.807, 2.05) is 30.3 Å². The zero-order valence-electron chi connectivity index (χ0n) is 16.2. The van der Waals surface area contributed by atoms with Gasteiger partial charge in [0.2, 0.25) is 0 Å². The van der Waals surface area contributed by atoms with E-state index in [9.17, 15) is 4.39 Å². The van der Waals surface area contributed by atoms with Gasteiger partial charge in [-0.05, 0) is 19.1 Å². The molecule has 2 saturated heterocycles. The van der Waals surface area contributed by atoms with Crippen molar-refractivity contribution in [2.75, 3.05) is 27.4 Å². The van der Waals surface area contributed by atoms with E-state index in [1.54, 1.807) is 20.3 Å². The van der Waals surface area contributed by atoms with Crippen LogP contribution in [0.4, 0.5) is 4.39 Å². The Morgan fingerprint density at radius 3 is 2.75 bits per heavy atom. The van der Waals surface area contributed by atoms with E-state index in [0.717, 1.165) is 17.1 Å². The maximum Gasteiger partial charge on any atom is 0.128 e. The molecule has 0 spiro atoms. The standard InChI is InChI=1S/C21H24FNO4S/c1-21(16-6-4-5-7-18(16)22)17-12-26-13-20(17)27-28-23(21)11-14-8-9-15(24-2)10-19(14)25-3/h4-10,17,20H,11-13H2,1-3H3/t17-,20+,21+/m0/s1. The lowest BCUT2D eigenvalue weighted by Gasteiger charge is -2.49. The molecule has 0 aromatic heterocycles. The fourth-order valence-corrected chi connectivity index (χ4v) is 5.04. The van der Waals surface area contributed by atoms with Crippen LogP contribution in [0.25, 0.3) is 0 Å². The van der Waals surface area contributed by atoms with Crippen molar-refractivity contribution in [1.29, 1.82) is 0 Å². The molecule has 0 radical (unpaired) electrons. The van der Waals surface area contributed by atoms with Crippen molar-refractivity contribution in [2.24, 2.45) is 5.92 Å². The molecular weight excluding hydrogens is 381 g/mol. The van der Waals surface area contributed by atoms with Gasteiger partial charge >= 0.3 is 0 Å². The van der Waals surface area contributed by atoms with Gasteiger partial charge in [0.1, 0.15) is 23.4 Å². The zero-order valence-corrected chi connectivity index (χ0v) is 17.0. The maximum absolute atomic E-state index is 14.9. The van der Waals surface area contributed by atoms with Crippen LogP contribution in [0.1, 0.15) is 18.1 Å². The minimum atomic E-state index is -0.597. The Balaban J connectivity index is 1.74. The molecule has 7 heteroatoms. The highest BCUT2D eigenvalue weighted by Gasteiger charge is 2.53. The highest BCUT2D eigenvalue weighted by molar-refractivity contribution is 7.92. The minimum Gasteiger partial charge on any atom is -0.497 e. The number of nitrogens with zero attached hydrogens (tertiary/aromatic N) is 1. The first-order valence-electron chi connectivity index (χ1n) is 9.22. The molecule has 3 atom stereocenters. The second-order valence-electron chi connectivity index (χ2n) is 7.19. The summed E-state index contributed by atoms with van der Waals surface area (Å²) in [5.41, 5.74) is 1.03. The number of halogens is 1. The quantitative estimate of drug-likeness (QED) is 0.549. The number of rotatable bonds is 5. The summed E-state index contributed by atoms with van der Waals surface area (Å²) in [5.74, 6) is 1.25. The van der Waals surface area contributed by atoms with Crippen LogP contribution in [0.5, 0.6) is 11.5 Å². The maximum atomic E-state index is 14.9. The number of hydrogen-bond donors (Lipinski definition) is 0. The van der Waals surface area contributed by atoms with E-state index >= 15 is 0 Å². The van der Waals surface area contributed by atoms with E-state index in [4.69, 9.17) is 18.4 Å². The van der Waals surface area contributed by atoms with Crippen LogP contribution < -0.4 is 9.47 Å². The third-order valence-corrected chi connectivity index (χ3v) is 6.77. The van der Waals surface area contributed by atoms with Crippen molar-refractivity contribution in [1.82, 2.24) is 4.31 Å². The second-order valence-corrected chi connectivity index (χ2v) is 7.98. The van der Waals surface area contributed by atoms with Crippen LogP contribution in [0, 0.1) is 11.7 Å². The zero-order chi connectivity index (χ0) is 19.7. The highest BCUT2D eigenvalue weighted by Crippen LogP contribution is 2.51. The first-order chi connectivity index (χ1) is 13.6. The van der Waals surface area contributed by atoms with Crippen LogP contribution in [-0.2, 0) is 21.0 Å². The molecule has 2 aromatic carbocycles. The van der Waals surface area contributed by atoms with Crippen LogP contribution in [0.2, 0.25) is 0 Å². The van der Waals surface area contributed by atoms with Gasteiger partial charge in [-0.25, -0.2) is 8.70 Å². The molecule has 0 bridgehead atoms. The lowest BCUT2D eigenvalue weighted by atomic mass is 9.77. The molecule has 4 rings (SSSR count). The summed E-state index contributed by atoms with van der Waals surface area (Å²) in [5, 5.41) is 0. The Kier molecular flexibility index (Phi) is 5.51. The van der Waals surface area contributed by atoms with Crippen molar-refractivity contribution >= 4 is 12.2 Å². The molecule has 2 aliphatic rings. The Hall–Kier alpha value is -1.80. The van der Waals surface area contributed by atoms with Gasteiger partial charge in [-0.1, -0.05) is 24.3 Å². The Bertz CT molecular complexity index is 851. The molecule has 150 valence electrons. The Labute approximate surface area is 169 Å². The average molecular weight is 405 g/mol. The van der Waals surface area contributed by atoms with E-state index in [0.29, 0.717) is 25.3 Å². The average Bonchev–Trinajstić information content (AvgIpc) is 3.20. The molecule has 28 heavy (non-hydrogen) atoms. The molecule has 0 N–H and O–H groups in total. The predicted octanol–water partition coefficient (Wildman–Crippen LogP) is 4.17. The van der Waals surface area contributed by atoms with Gasteiger partial charge in [0.25, 0.3) is 0 Å². The van der Waals surface area contributed by atoms with Crippen molar-refractivity contribution < 1.29 is 22.8 Å². The van der Waals surface area contributed by atoms with E-state index < -0.39 is 5.54 Å². The number of fused-ring (bicyclic) bond motifs is 1. The summed E-state index contributed by atoms with van der Waals surface area (Å²) in [6.45, 7) is 3.66. The number of methoxy groups -OCH3 is 2. The van der Waals surface area contributed by atoms with E-state index in [2.05, 4.69) is 11.2 Å². The van der Waals surface area contributed by atoms with Gasteiger partial charge in [-0.15, -0.1) is 0 Å². The highest BCUT2D eigenvalue weighted by atomic mass is 32.2. The van der Waals surface area contributed by atoms with Crippen LogP contribution in [0.15, 0.2) is 42.5 Å². The van der Waals surface area contributed by atoms with Gasteiger partial charge in [-0.3, -0.25) is 4.18 Å². The van der Waals surface area contributed by atoms with Crippen LogP contribution in [-0.4, -0.2) is 37.8 Å². The summed E-state index contributed by atoms with van der Waals surface area (Å²) in [6.07, 6.45) is -0.0661. The lowest BCUT2D eigenvalue weighted by Crippen LogP contribution is -2.53. The number of benzene rings is 2. The molecule has 5 nitrogen and oxygen atoms in total. The molecule has 0 aliphatic carbocycles. The predicted molar refractivity (Wildman–Crippen MR) is 106 cm³/mol. The van der Waals surface area contributed by atoms with E-state index in [-0.39, 0.29) is 17.8 Å². The first-order valence-corrected chi connectivity index (χ1v) is 9.92. The van der Waals surface area contributed by atoms with Crippen molar-refractivity contribution in [3.63, 3.8) is 0 Å². The molecule has 0 saturated carbocycles. The van der Waals surface area contributed by atoms with Crippen molar-refractivity contribution in [3.8, 4) is 11.5 Å². The van der Waals surface area contributed by atoms with Gasteiger partial charge in [0.15, 0.2) is 0 Å². The third-order valence-electron chi connectivity index (χ3n) is 5.75. The molecule has 0 amide bonds. The van der Waals surface area contributed by atoms with Gasteiger partial charge in [-0.2, -0.15) is 0 Å². The van der Waals surface area contributed by atoms with Gasteiger partial charge in [0, 0.05) is 29.7 Å². The summed E-state index contributed by atoms with van der Waals surface area (Å²) >= 11 is 1.27. The van der Waals surface area contributed by atoms with Crippen LogP contribution >= 0.6 is 12.2 Å². The molecule has 2 heterocycles. The summed E-state index contributed by atoms with van der Waals surface area (Å²) in [6, 6.07) is 12.7.